The Bertz CT molecular complexity index is 1010. The highest BCUT2D eigenvalue weighted by atomic mass is 79.9. The molecule has 2 aromatic rings. The van der Waals surface area contributed by atoms with Gasteiger partial charge in [-0.15, -0.1) is 0 Å². The van der Waals surface area contributed by atoms with Crippen LogP contribution in [0.5, 0.6) is 0 Å². The molecule has 1 aromatic heterocycles. The fourth-order valence-electron chi connectivity index (χ4n) is 3.99. The highest BCUT2D eigenvalue weighted by Crippen LogP contribution is 2.45. The van der Waals surface area contributed by atoms with Gasteiger partial charge in [0.1, 0.15) is 11.9 Å². The highest BCUT2D eigenvalue weighted by Gasteiger charge is 2.36. The van der Waals surface area contributed by atoms with E-state index in [9.17, 15) is 10.5 Å². The number of H-pyrrole nitrogens is 1. The van der Waals surface area contributed by atoms with Crippen molar-refractivity contribution in [3.05, 3.63) is 56.8 Å². The molecule has 7 heteroatoms. The number of nitriles is 2. The van der Waals surface area contributed by atoms with E-state index in [0.717, 1.165) is 41.9 Å². The van der Waals surface area contributed by atoms with E-state index in [0.29, 0.717) is 28.1 Å². The number of benzene rings is 1. The molecule has 2 N–H and O–H groups in total. The summed E-state index contributed by atoms with van der Waals surface area (Å²) in [6.07, 6.45) is 4.53. The number of aromatic nitrogens is 2. The van der Waals surface area contributed by atoms with Crippen molar-refractivity contribution >= 4 is 21.7 Å². The third kappa shape index (κ3) is 3.22. The standard InChI is InChI=1S/C21H20BrN5O/c1-12-5-6-17(28-8-7-12)20-15(10-24)18(16-11-25-27-21(16)26-20)14-4-2-3-13(9-23)19(14)22/h2-4,11-12,17-18H,5-8H2,1H3,(H2,25,26,27). The normalized spacial score (nSPS) is 24.5. The SMILES string of the molecule is CC1CCOC(C2=C(C#N)C(c3cccc(C#N)c3Br)c3cn[nH]c3N2)CC1. The smallest absolute Gasteiger partial charge is 0.129 e. The monoisotopic (exact) mass is 437 g/mol. The number of ether oxygens (including phenoxy) is 1. The van der Waals surface area contributed by atoms with Crippen LogP contribution in [-0.4, -0.2) is 22.9 Å². The quantitative estimate of drug-likeness (QED) is 0.715. The number of nitrogens with one attached hydrogen (secondary N) is 2. The van der Waals surface area contributed by atoms with Crippen LogP contribution in [0.15, 0.2) is 40.1 Å². The van der Waals surface area contributed by atoms with Crippen molar-refractivity contribution < 1.29 is 4.74 Å². The average Bonchev–Trinajstić information content (AvgIpc) is 3.07. The molecule has 3 unspecified atom stereocenters. The number of anilines is 1. The molecule has 28 heavy (non-hydrogen) atoms. The van der Waals surface area contributed by atoms with Crippen LogP contribution in [0.4, 0.5) is 5.82 Å². The molecule has 3 atom stereocenters. The first-order valence-corrected chi connectivity index (χ1v) is 10.2. The molecule has 4 rings (SSSR count). The summed E-state index contributed by atoms with van der Waals surface area (Å²) in [5.74, 6) is 1.07. The summed E-state index contributed by atoms with van der Waals surface area (Å²) >= 11 is 3.57. The van der Waals surface area contributed by atoms with Crippen LogP contribution >= 0.6 is 15.9 Å². The van der Waals surface area contributed by atoms with Gasteiger partial charge in [0.05, 0.1) is 41.1 Å². The number of hydrogen-bond donors (Lipinski definition) is 2. The maximum Gasteiger partial charge on any atom is 0.129 e. The maximum absolute atomic E-state index is 10.1. The second-order valence-corrected chi connectivity index (χ2v) is 8.14. The predicted octanol–water partition coefficient (Wildman–Crippen LogP) is 4.58. The minimum Gasteiger partial charge on any atom is -0.372 e. The topological polar surface area (TPSA) is 97.5 Å². The van der Waals surface area contributed by atoms with Crippen molar-refractivity contribution in [3.8, 4) is 12.1 Å². The van der Waals surface area contributed by atoms with Gasteiger partial charge in [-0.3, -0.25) is 5.10 Å². The van der Waals surface area contributed by atoms with Gasteiger partial charge in [0, 0.05) is 16.6 Å². The summed E-state index contributed by atoms with van der Waals surface area (Å²) in [6.45, 7) is 2.92. The zero-order valence-electron chi connectivity index (χ0n) is 15.5. The number of nitrogens with zero attached hydrogens (tertiary/aromatic N) is 3. The second kappa shape index (κ2) is 7.79. The molecule has 1 fully saturated rings. The first-order valence-electron chi connectivity index (χ1n) is 9.38. The number of halogens is 1. The Kier molecular flexibility index (Phi) is 5.21. The first-order chi connectivity index (χ1) is 13.6. The number of hydrogen-bond acceptors (Lipinski definition) is 5. The molecule has 6 nitrogen and oxygen atoms in total. The van der Waals surface area contributed by atoms with Crippen LogP contribution in [0, 0.1) is 28.6 Å². The van der Waals surface area contributed by atoms with Crippen molar-refractivity contribution in [2.24, 2.45) is 5.92 Å². The van der Waals surface area contributed by atoms with Gasteiger partial charge in [0.2, 0.25) is 0 Å². The Labute approximate surface area is 172 Å². The molecule has 1 saturated heterocycles. The van der Waals surface area contributed by atoms with E-state index in [1.165, 1.54) is 0 Å². The lowest BCUT2D eigenvalue weighted by Crippen LogP contribution is -2.28. The highest BCUT2D eigenvalue weighted by molar-refractivity contribution is 9.10. The van der Waals surface area contributed by atoms with Gasteiger partial charge < -0.3 is 10.1 Å². The molecule has 0 amide bonds. The van der Waals surface area contributed by atoms with Crippen molar-refractivity contribution in [2.45, 2.75) is 38.2 Å². The van der Waals surface area contributed by atoms with Crippen LogP contribution in [0.1, 0.15) is 48.8 Å². The van der Waals surface area contributed by atoms with E-state index in [-0.39, 0.29) is 12.0 Å². The molecule has 0 spiro atoms. The zero-order valence-corrected chi connectivity index (χ0v) is 17.1. The summed E-state index contributed by atoms with van der Waals surface area (Å²) in [5, 5.41) is 30.1. The Balaban J connectivity index is 1.86. The third-order valence-electron chi connectivity index (χ3n) is 5.57. The van der Waals surface area contributed by atoms with E-state index in [4.69, 9.17) is 4.74 Å². The molecule has 142 valence electrons. The van der Waals surface area contributed by atoms with Crippen LogP contribution in [0.25, 0.3) is 0 Å². The van der Waals surface area contributed by atoms with Crippen molar-refractivity contribution in [1.29, 1.82) is 10.5 Å². The van der Waals surface area contributed by atoms with Gasteiger partial charge in [0.25, 0.3) is 0 Å². The van der Waals surface area contributed by atoms with Crippen molar-refractivity contribution in [3.63, 3.8) is 0 Å². The maximum atomic E-state index is 10.1. The molecule has 0 bridgehead atoms. The molecule has 3 heterocycles. The Morgan fingerprint density at radius 1 is 1.18 bits per heavy atom. The third-order valence-corrected chi connectivity index (χ3v) is 6.46. The first kappa shape index (κ1) is 18.7. The van der Waals surface area contributed by atoms with Gasteiger partial charge in [-0.25, -0.2) is 0 Å². The van der Waals surface area contributed by atoms with Crippen molar-refractivity contribution in [2.75, 3.05) is 11.9 Å². The van der Waals surface area contributed by atoms with Gasteiger partial charge in [-0.05, 0) is 52.7 Å². The summed E-state index contributed by atoms with van der Waals surface area (Å²) in [4.78, 5) is 0. The lowest BCUT2D eigenvalue weighted by molar-refractivity contribution is 0.0825. The van der Waals surface area contributed by atoms with E-state index < -0.39 is 0 Å². The van der Waals surface area contributed by atoms with E-state index >= 15 is 0 Å². The van der Waals surface area contributed by atoms with Crippen LogP contribution in [0.2, 0.25) is 0 Å². The lowest BCUT2D eigenvalue weighted by atomic mass is 9.81. The molecule has 0 saturated carbocycles. The molecule has 0 radical (unpaired) electrons. The molecule has 0 aliphatic carbocycles. The fourth-order valence-corrected chi connectivity index (χ4v) is 4.57. The second-order valence-electron chi connectivity index (χ2n) is 7.35. The molecule has 1 aromatic carbocycles. The van der Waals surface area contributed by atoms with Crippen LogP contribution in [0.3, 0.4) is 0 Å². The van der Waals surface area contributed by atoms with E-state index in [1.807, 2.05) is 12.1 Å². The summed E-state index contributed by atoms with van der Waals surface area (Å²) in [6, 6.07) is 10.2. The summed E-state index contributed by atoms with van der Waals surface area (Å²) < 4.78 is 6.83. The number of aromatic amines is 1. The summed E-state index contributed by atoms with van der Waals surface area (Å²) in [7, 11) is 0. The van der Waals surface area contributed by atoms with Gasteiger partial charge >= 0.3 is 0 Å². The largest absolute Gasteiger partial charge is 0.372 e. The van der Waals surface area contributed by atoms with Gasteiger partial charge in [0.15, 0.2) is 0 Å². The Morgan fingerprint density at radius 3 is 2.82 bits per heavy atom. The van der Waals surface area contributed by atoms with Crippen LogP contribution < -0.4 is 5.32 Å². The number of allylic oxidation sites excluding steroid dienone is 1. The Hall–Kier alpha value is -2.61. The van der Waals surface area contributed by atoms with Gasteiger partial charge in [-0.2, -0.15) is 15.6 Å². The molecular formula is C21H20BrN5O. The van der Waals surface area contributed by atoms with E-state index in [2.05, 4.69) is 50.5 Å². The zero-order chi connectivity index (χ0) is 19.7. The number of fused-ring (bicyclic) bond motifs is 1. The van der Waals surface area contributed by atoms with E-state index in [1.54, 1.807) is 12.3 Å². The van der Waals surface area contributed by atoms with Crippen LogP contribution in [-0.2, 0) is 4.74 Å². The van der Waals surface area contributed by atoms with Crippen molar-refractivity contribution in [1.82, 2.24) is 10.2 Å². The molecule has 2 aliphatic heterocycles. The minimum atomic E-state index is -0.318. The summed E-state index contributed by atoms with van der Waals surface area (Å²) in [5.41, 5.74) is 3.72. The Morgan fingerprint density at radius 2 is 2.04 bits per heavy atom. The lowest BCUT2D eigenvalue weighted by Gasteiger charge is -2.30. The number of rotatable bonds is 2. The minimum absolute atomic E-state index is 0.156. The molecule has 2 aliphatic rings. The molecular weight excluding hydrogens is 418 g/mol. The van der Waals surface area contributed by atoms with Gasteiger partial charge in [-0.1, -0.05) is 19.1 Å². The average molecular weight is 438 g/mol. The predicted molar refractivity (Wildman–Crippen MR) is 108 cm³/mol. The fraction of sp³-hybridized carbons (Fsp3) is 0.381.